The van der Waals surface area contributed by atoms with Crippen LogP contribution in [0.2, 0.25) is 0 Å². The molecule has 1 aliphatic heterocycles. The first-order valence-electron chi connectivity index (χ1n) is 11.6. The molecule has 174 valence electrons. The highest BCUT2D eigenvalue weighted by Gasteiger charge is 2.43. The van der Waals surface area contributed by atoms with Gasteiger partial charge in [0.2, 0.25) is 5.91 Å². The van der Waals surface area contributed by atoms with E-state index in [1.807, 2.05) is 21.0 Å². The highest BCUT2D eigenvalue weighted by Crippen LogP contribution is 2.39. The quantitative estimate of drug-likeness (QED) is 0.589. The van der Waals surface area contributed by atoms with Crippen LogP contribution >= 0.6 is 11.3 Å². The number of likely N-dealkylation sites (tertiary alicyclic amines) is 1. The summed E-state index contributed by atoms with van der Waals surface area (Å²) < 4.78 is 0. The van der Waals surface area contributed by atoms with Crippen molar-refractivity contribution >= 4 is 28.4 Å². The molecule has 0 radical (unpaired) electrons. The Balaban J connectivity index is 1.67. The predicted molar refractivity (Wildman–Crippen MR) is 125 cm³/mol. The van der Waals surface area contributed by atoms with E-state index in [0.29, 0.717) is 30.2 Å². The van der Waals surface area contributed by atoms with Crippen molar-refractivity contribution in [2.45, 2.75) is 52.0 Å². The maximum absolute atomic E-state index is 13.4. The summed E-state index contributed by atoms with van der Waals surface area (Å²) in [4.78, 5) is 37.9. The molecule has 8 nitrogen and oxygen atoms in total. The highest BCUT2D eigenvalue weighted by molar-refractivity contribution is 7.15. The second-order valence-corrected chi connectivity index (χ2v) is 10.2. The molecular formula is C22H38N6O2S. The topological polar surface area (TPSA) is 94.8 Å². The number of nitrogens with one attached hydrogen (secondary N) is 1. The van der Waals surface area contributed by atoms with Crippen LogP contribution < -0.4 is 11.1 Å². The molecule has 2 aliphatic rings. The van der Waals surface area contributed by atoms with Gasteiger partial charge in [0.1, 0.15) is 0 Å². The molecule has 1 aromatic rings. The number of hydrogen-bond acceptors (Lipinski definition) is 7. The lowest BCUT2D eigenvalue weighted by atomic mass is 9.75. The summed E-state index contributed by atoms with van der Waals surface area (Å²) in [6, 6.07) is 0.167. The van der Waals surface area contributed by atoms with Crippen molar-refractivity contribution in [3.05, 3.63) is 10.6 Å². The molecule has 0 bridgehead atoms. The SMILES string of the molecule is CCCN1CC(C(=O)N(CC)C(=O)NCCCN(C)C)C[C@@H]2Cc3nc(N)sc3C[C@H]21. The summed E-state index contributed by atoms with van der Waals surface area (Å²) in [6.45, 7) is 7.62. The van der Waals surface area contributed by atoms with Crippen molar-refractivity contribution in [1.82, 2.24) is 25.0 Å². The van der Waals surface area contributed by atoms with Crippen LogP contribution in [0.25, 0.3) is 0 Å². The second-order valence-electron chi connectivity index (χ2n) is 9.06. The standard InChI is InChI=1S/C22H38N6O2S/c1-5-9-27-14-16(11-15-12-17-19(13-18(15)27)31-21(23)25-17)20(29)28(6-2)22(30)24-8-7-10-26(3)4/h15-16,18H,5-14H2,1-4H3,(H2,23,25)(H,24,30)/t15-,16?,18-/m1/s1. The van der Waals surface area contributed by atoms with Crippen LogP contribution in [0.15, 0.2) is 0 Å². The molecule has 0 aromatic carbocycles. The molecule has 3 N–H and O–H groups in total. The lowest BCUT2D eigenvalue weighted by Gasteiger charge is -2.46. The Kier molecular flexibility index (Phi) is 8.30. The molecule has 1 unspecified atom stereocenters. The summed E-state index contributed by atoms with van der Waals surface area (Å²) in [5, 5.41) is 3.56. The molecule has 31 heavy (non-hydrogen) atoms. The van der Waals surface area contributed by atoms with Crippen molar-refractivity contribution < 1.29 is 9.59 Å². The van der Waals surface area contributed by atoms with Gasteiger partial charge in [-0.25, -0.2) is 9.78 Å². The molecule has 1 aromatic heterocycles. The lowest BCUT2D eigenvalue weighted by molar-refractivity contribution is -0.136. The number of anilines is 1. The van der Waals surface area contributed by atoms with Gasteiger partial charge in [-0.1, -0.05) is 6.92 Å². The summed E-state index contributed by atoms with van der Waals surface area (Å²) in [5.74, 6) is 0.179. The molecule has 3 rings (SSSR count). The number of rotatable bonds is 8. The fraction of sp³-hybridized carbons (Fsp3) is 0.773. The normalized spacial score (nSPS) is 23.3. The Labute approximate surface area is 190 Å². The van der Waals surface area contributed by atoms with E-state index in [-0.39, 0.29) is 17.9 Å². The van der Waals surface area contributed by atoms with E-state index in [1.165, 1.54) is 9.78 Å². The van der Waals surface area contributed by atoms with E-state index in [0.717, 1.165) is 57.4 Å². The van der Waals surface area contributed by atoms with Crippen molar-refractivity contribution in [2.24, 2.45) is 11.8 Å². The number of imide groups is 1. The van der Waals surface area contributed by atoms with Crippen LogP contribution in [0.3, 0.4) is 0 Å². The Morgan fingerprint density at radius 3 is 2.74 bits per heavy atom. The number of nitrogens with zero attached hydrogens (tertiary/aromatic N) is 4. The first-order valence-corrected chi connectivity index (χ1v) is 12.4. The number of urea groups is 1. The number of nitrogens with two attached hydrogens (primary N) is 1. The van der Waals surface area contributed by atoms with Gasteiger partial charge >= 0.3 is 6.03 Å². The number of nitrogen functional groups attached to an aromatic ring is 1. The van der Waals surface area contributed by atoms with Crippen molar-refractivity contribution in [3.63, 3.8) is 0 Å². The van der Waals surface area contributed by atoms with E-state index in [1.54, 1.807) is 11.3 Å². The number of aromatic nitrogens is 1. The van der Waals surface area contributed by atoms with Gasteiger partial charge in [-0.05, 0) is 72.1 Å². The van der Waals surface area contributed by atoms with Crippen molar-refractivity contribution in [1.29, 1.82) is 0 Å². The number of amides is 3. The minimum absolute atomic E-state index is 0.0456. The molecule has 0 spiro atoms. The van der Waals surface area contributed by atoms with E-state index in [2.05, 4.69) is 27.0 Å². The molecular weight excluding hydrogens is 412 g/mol. The van der Waals surface area contributed by atoms with Gasteiger partial charge in [-0.15, -0.1) is 11.3 Å². The van der Waals surface area contributed by atoms with Crippen molar-refractivity contribution in [3.8, 4) is 0 Å². The third kappa shape index (κ3) is 5.75. The highest BCUT2D eigenvalue weighted by atomic mass is 32.1. The van der Waals surface area contributed by atoms with Crippen LogP contribution in [0.4, 0.5) is 9.93 Å². The smallest absolute Gasteiger partial charge is 0.324 e. The Morgan fingerprint density at radius 1 is 1.29 bits per heavy atom. The average Bonchev–Trinajstić information content (AvgIpc) is 3.08. The van der Waals surface area contributed by atoms with Crippen LogP contribution in [-0.4, -0.2) is 84.5 Å². The largest absolute Gasteiger partial charge is 0.375 e. The first-order chi connectivity index (χ1) is 14.8. The number of hydrogen-bond donors (Lipinski definition) is 2. The van der Waals surface area contributed by atoms with E-state index < -0.39 is 0 Å². The fourth-order valence-corrected chi connectivity index (χ4v) is 5.93. The zero-order valence-electron chi connectivity index (χ0n) is 19.4. The molecule has 1 aliphatic carbocycles. The molecule has 3 atom stereocenters. The van der Waals surface area contributed by atoms with Crippen molar-refractivity contribution in [2.75, 3.05) is 52.6 Å². The predicted octanol–water partition coefficient (Wildman–Crippen LogP) is 2.05. The second kappa shape index (κ2) is 10.7. The van der Waals surface area contributed by atoms with Crippen LogP contribution in [-0.2, 0) is 17.6 Å². The minimum Gasteiger partial charge on any atom is -0.375 e. The van der Waals surface area contributed by atoms with Gasteiger partial charge < -0.3 is 16.0 Å². The molecule has 2 heterocycles. The van der Waals surface area contributed by atoms with Gasteiger partial charge in [0.15, 0.2) is 5.13 Å². The van der Waals surface area contributed by atoms with Crippen LogP contribution in [0.1, 0.15) is 43.7 Å². The maximum atomic E-state index is 13.4. The third-order valence-electron chi connectivity index (χ3n) is 6.45. The maximum Gasteiger partial charge on any atom is 0.324 e. The van der Waals surface area contributed by atoms with Gasteiger partial charge in [-0.2, -0.15) is 0 Å². The van der Waals surface area contributed by atoms with Gasteiger partial charge in [0.05, 0.1) is 11.6 Å². The zero-order valence-corrected chi connectivity index (χ0v) is 20.2. The summed E-state index contributed by atoms with van der Waals surface area (Å²) in [6.07, 6.45) is 4.57. The summed E-state index contributed by atoms with van der Waals surface area (Å²) in [5.41, 5.74) is 7.07. The number of carbonyl (C=O) groups excluding carboxylic acids is 2. The van der Waals surface area contributed by atoms with Gasteiger partial charge in [0, 0.05) is 30.6 Å². The molecule has 9 heteroatoms. The van der Waals surface area contributed by atoms with Gasteiger partial charge in [0.25, 0.3) is 0 Å². The Hall–Kier alpha value is -1.71. The van der Waals surface area contributed by atoms with E-state index >= 15 is 0 Å². The van der Waals surface area contributed by atoms with E-state index in [9.17, 15) is 9.59 Å². The monoisotopic (exact) mass is 450 g/mol. The molecule has 1 fully saturated rings. The Bertz CT molecular complexity index is 767. The average molecular weight is 451 g/mol. The third-order valence-corrected chi connectivity index (χ3v) is 7.40. The number of thiazole rings is 1. The lowest BCUT2D eigenvalue weighted by Crippen LogP contribution is -2.56. The van der Waals surface area contributed by atoms with Gasteiger partial charge in [-0.3, -0.25) is 14.6 Å². The van der Waals surface area contributed by atoms with E-state index in [4.69, 9.17) is 5.73 Å². The fourth-order valence-electron chi connectivity index (χ4n) is 5.02. The molecule has 1 saturated heterocycles. The number of carbonyl (C=O) groups is 2. The van der Waals surface area contributed by atoms with Crippen LogP contribution in [0.5, 0.6) is 0 Å². The summed E-state index contributed by atoms with van der Waals surface area (Å²) in [7, 11) is 4.02. The minimum atomic E-state index is -0.270. The number of fused-ring (bicyclic) bond motifs is 2. The summed E-state index contributed by atoms with van der Waals surface area (Å²) >= 11 is 1.61. The first kappa shape index (κ1) is 23.9. The zero-order chi connectivity index (χ0) is 22.5. The Morgan fingerprint density at radius 2 is 2.06 bits per heavy atom. The molecule has 0 saturated carbocycles. The molecule has 3 amide bonds. The number of piperidine rings is 1. The van der Waals surface area contributed by atoms with Crippen LogP contribution in [0, 0.1) is 11.8 Å².